The van der Waals surface area contributed by atoms with Crippen LogP contribution in [0.15, 0.2) is 102 Å². The van der Waals surface area contributed by atoms with Gasteiger partial charge < -0.3 is 10.2 Å². The van der Waals surface area contributed by atoms with Crippen LogP contribution >= 0.6 is 23.2 Å². The number of para-hydroxylation sites is 1. The van der Waals surface area contributed by atoms with Gasteiger partial charge in [0.15, 0.2) is 0 Å². The maximum Gasteiger partial charge on any atom is 0.264 e. The van der Waals surface area contributed by atoms with E-state index >= 15 is 0 Å². The SMILES string of the molecule is CCCNC(=O)C(Cc1ccccc1)N(Cc1ccc(Cl)c(Cl)c1)C(=O)CN(c1ccccc1C)S(=O)(=O)c1ccc(C)cc1. The van der Waals surface area contributed by atoms with Gasteiger partial charge in [-0.05, 0) is 67.3 Å². The zero-order valence-electron chi connectivity index (χ0n) is 25.5. The summed E-state index contributed by atoms with van der Waals surface area (Å²) < 4.78 is 29.5. The van der Waals surface area contributed by atoms with Crippen LogP contribution in [-0.4, -0.2) is 44.3 Å². The second-order valence-corrected chi connectivity index (χ2v) is 13.6. The normalized spacial score (nSPS) is 11.9. The summed E-state index contributed by atoms with van der Waals surface area (Å²) in [4.78, 5) is 29.8. The quantitative estimate of drug-likeness (QED) is 0.167. The van der Waals surface area contributed by atoms with Gasteiger partial charge in [0.05, 0.1) is 20.6 Å². The number of halogens is 2. The molecule has 1 N–H and O–H groups in total. The van der Waals surface area contributed by atoms with Crippen molar-refractivity contribution in [1.29, 1.82) is 0 Å². The average Bonchev–Trinajstić information content (AvgIpc) is 3.03. The van der Waals surface area contributed by atoms with E-state index < -0.39 is 28.5 Å². The van der Waals surface area contributed by atoms with E-state index in [0.717, 1.165) is 15.4 Å². The van der Waals surface area contributed by atoms with Crippen LogP contribution in [0.3, 0.4) is 0 Å². The number of nitrogens with zero attached hydrogens (tertiary/aromatic N) is 2. The van der Waals surface area contributed by atoms with Crippen molar-refractivity contribution in [2.45, 2.75) is 51.1 Å². The minimum atomic E-state index is -4.18. The van der Waals surface area contributed by atoms with Crippen LogP contribution in [-0.2, 0) is 32.6 Å². The minimum Gasteiger partial charge on any atom is -0.354 e. The van der Waals surface area contributed by atoms with Crippen molar-refractivity contribution < 1.29 is 18.0 Å². The molecule has 10 heteroatoms. The molecule has 0 spiro atoms. The van der Waals surface area contributed by atoms with Crippen molar-refractivity contribution in [1.82, 2.24) is 10.2 Å². The predicted molar refractivity (Wildman–Crippen MR) is 181 cm³/mol. The summed E-state index contributed by atoms with van der Waals surface area (Å²) >= 11 is 12.5. The van der Waals surface area contributed by atoms with Crippen molar-refractivity contribution >= 4 is 50.7 Å². The van der Waals surface area contributed by atoms with Crippen LogP contribution in [0.2, 0.25) is 10.0 Å². The van der Waals surface area contributed by atoms with Gasteiger partial charge in [0.25, 0.3) is 10.0 Å². The molecule has 0 aliphatic rings. The number of nitrogens with one attached hydrogen (secondary N) is 1. The average molecular weight is 667 g/mol. The fourth-order valence-electron chi connectivity index (χ4n) is 4.95. The first-order chi connectivity index (χ1) is 21.5. The van der Waals surface area contributed by atoms with Gasteiger partial charge >= 0.3 is 0 Å². The summed E-state index contributed by atoms with van der Waals surface area (Å²) in [6, 6.07) is 27.0. The highest BCUT2D eigenvalue weighted by atomic mass is 35.5. The maximum absolute atomic E-state index is 14.5. The molecule has 0 saturated carbocycles. The Morgan fingerprint density at radius 2 is 1.49 bits per heavy atom. The van der Waals surface area contributed by atoms with Crippen molar-refractivity contribution in [2.75, 3.05) is 17.4 Å². The molecule has 236 valence electrons. The van der Waals surface area contributed by atoms with Gasteiger partial charge in [-0.1, -0.05) is 102 Å². The molecule has 0 heterocycles. The van der Waals surface area contributed by atoms with E-state index in [4.69, 9.17) is 23.2 Å². The molecule has 0 aliphatic heterocycles. The van der Waals surface area contributed by atoms with E-state index in [1.165, 1.54) is 17.0 Å². The molecule has 4 rings (SSSR count). The highest BCUT2D eigenvalue weighted by Crippen LogP contribution is 2.29. The molecule has 45 heavy (non-hydrogen) atoms. The number of rotatable bonds is 13. The summed E-state index contributed by atoms with van der Waals surface area (Å²) in [7, 11) is -4.18. The Balaban J connectivity index is 1.82. The lowest BCUT2D eigenvalue weighted by Gasteiger charge is -2.34. The number of carbonyl (C=O) groups is 2. The molecule has 1 unspecified atom stereocenters. The smallest absolute Gasteiger partial charge is 0.264 e. The standard InChI is InChI=1S/C35H37Cl2N3O4S/c1-4-20-38-35(42)33(22-27-11-6-5-7-12-27)39(23-28-16-19-30(36)31(37)21-28)34(41)24-40(32-13-9-8-10-26(32)3)45(43,44)29-17-14-25(2)15-18-29/h5-19,21,33H,4,20,22-24H2,1-3H3,(H,38,42). The number of benzene rings is 4. The van der Waals surface area contributed by atoms with E-state index in [-0.39, 0.29) is 23.8 Å². The Morgan fingerprint density at radius 1 is 0.822 bits per heavy atom. The summed E-state index contributed by atoms with van der Waals surface area (Å²) in [6.45, 7) is 5.50. The maximum atomic E-state index is 14.5. The number of aryl methyl sites for hydroxylation is 2. The topological polar surface area (TPSA) is 86.8 Å². The molecule has 0 aromatic heterocycles. The van der Waals surface area contributed by atoms with Gasteiger partial charge in [0, 0.05) is 19.5 Å². The molecule has 0 bridgehead atoms. The zero-order valence-corrected chi connectivity index (χ0v) is 27.9. The minimum absolute atomic E-state index is 0.00103. The molecule has 1 atom stereocenters. The van der Waals surface area contributed by atoms with Crippen LogP contribution in [0.1, 0.15) is 35.6 Å². The summed E-state index contributed by atoms with van der Waals surface area (Å²) in [6.07, 6.45) is 0.929. The van der Waals surface area contributed by atoms with Crippen LogP contribution in [0.25, 0.3) is 0 Å². The van der Waals surface area contributed by atoms with Gasteiger partial charge in [0.1, 0.15) is 12.6 Å². The van der Waals surface area contributed by atoms with Crippen molar-refractivity contribution in [3.63, 3.8) is 0 Å². The molecule has 0 fully saturated rings. The fraction of sp³-hybridized carbons (Fsp3) is 0.257. The van der Waals surface area contributed by atoms with E-state index in [0.29, 0.717) is 39.8 Å². The lowest BCUT2D eigenvalue weighted by atomic mass is 10.0. The molecular formula is C35H37Cl2N3O4S. The lowest BCUT2D eigenvalue weighted by Crippen LogP contribution is -2.53. The highest BCUT2D eigenvalue weighted by Gasteiger charge is 2.35. The molecular weight excluding hydrogens is 629 g/mol. The summed E-state index contributed by atoms with van der Waals surface area (Å²) in [5.74, 6) is -0.884. The van der Waals surface area contributed by atoms with Crippen LogP contribution < -0.4 is 9.62 Å². The van der Waals surface area contributed by atoms with Gasteiger partial charge in [0.2, 0.25) is 11.8 Å². The Morgan fingerprint density at radius 3 is 2.13 bits per heavy atom. The molecule has 4 aromatic carbocycles. The molecule has 4 aromatic rings. The Labute approximate surface area is 275 Å². The Kier molecular flexibility index (Phi) is 11.7. The van der Waals surface area contributed by atoms with Crippen molar-refractivity contribution in [3.8, 4) is 0 Å². The van der Waals surface area contributed by atoms with E-state index in [9.17, 15) is 18.0 Å². The third kappa shape index (κ3) is 8.66. The fourth-order valence-corrected chi connectivity index (χ4v) is 6.75. The third-order valence-electron chi connectivity index (χ3n) is 7.43. The molecule has 0 radical (unpaired) electrons. The molecule has 0 aliphatic carbocycles. The number of carbonyl (C=O) groups excluding carboxylic acids is 2. The number of hydrogen-bond donors (Lipinski definition) is 1. The van der Waals surface area contributed by atoms with Crippen molar-refractivity contribution in [3.05, 3.63) is 129 Å². The number of hydrogen-bond acceptors (Lipinski definition) is 4. The molecule has 2 amide bonds. The van der Waals surface area contributed by atoms with Crippen LogP contribution in [0.5, 0.6) is 0 Å². The van der Waals surface area contributed by atoms with Gasteiger partial charge in [-0.2, -0.15) is 0 Å². The number of sulfonamides is 1. The second-order valence-electron chi connectivity index (χ2n) is 10.9. The second kappa shape index (κ2) is 15.4. The summed E-state index contributed by atoms with van der Waals surface area (Å²) in [5.41, 5.74) is 3.45. The van der Waals surface area contributed by atoms with Gasteiger partial charge in [-0.15, -0.1) is 0 Å². The first-order valence-electron chi connectivity index (χ1n) is 14.7. The van der Waals surface area contributed by atoms with E-state index in [1.807, 2.05) is 50.2 Å². The van der Waals surface area contributed by atoms with Crippen molar-refractivity contribution in [2.24, 2.45) is 0 Å². The Hall–Kier alpha value is -3.85. The third-order valence-corrected chi connectivity index (χ3v) is 9.94. The van der Waals surface area contributed by atoms with Crippen LogP contribution in [0.4, 0.5) is 5.69 Å². The van der Waals surface area contributed by atoms with Crippen LogP contribution in [0, 0.1) is 13.8 Å². The lowest BCUT2D eigenvalue weighted by molar-refractivity contribution is -0.140. The van der Waals surface area contributed by atoms with E-state index in [1.54, 1.807) is 55.5 Å². The monoisotopic (exact) mass is 665 g/mol. The largest absolute Gasteiger partial charge is 0.354 e. The first-order valence-corrected chi connectivity index (χ1v) is 16.9. The summed E-state index contributed by atoms with van der Waals surface area (Å²) in [5, 5.41) is 3.60. The van der Waals surface area contributed by atoms with Gasteiger partial charge in [-0.25, -0.2) is 8.42 Å². The predicted octanol–water partition coefficient (Wildman–Crippen LogP) is 6.97. The zero-order chi connectivity index (χ0) is 32.6. The highest BCUT2D eigenvalue weighted by molar-refractivity contribution is 7.92. The molecule has 0 saturated heterocycles. The number of anilines is 1. The number of amides is 2. The first kappa shape index (κ1) is 34.0. The van der Waals surface area contributed by atoms with E-state index in [2.05, 4.69) is 5.32 Å². The molecule has 7 nitrogen and oxygen atoms in total. The Bertz CT molecular complexity index is 1730. The van der Waals surface area contributed by atoms with Gasteiger partial charge in [-0.3, -0.25) is 13.9 Å².